The predicted octanol–water partition coefficient (Wildman–Crippen LogP) is 14.3. The van der Waals surface area contributed by atoms with Crippen LogP contribution in [0.3, 0.4) is 0 Å². The molecule has 0 saturated carbocycles. The minimum Gasteiger partial charge on any atom is -0.309 e. The molecule has 3 aromatic heterocycles. The van der Waals surface area contributed by atoms with Gasteiger partial charge >= 0.3 is 0 Å². The molecule has 0 unspecified atom stereocenters. The van der Waals surface area contributed by atoms with Crippen LogP contribution in [0, 0.1) is 0 Å². The molecular weight excluding hydrogens is 691 g/mol. The van der Waals surface area contributed by atoms with Gasteiger partial charge in [-0.15, -0.1) is 0 Å². The van der Waals surface area contributed by atoms with Crippen molar-refractivity contribution in [3.8, 4) is 39.3 Å². The van der Waals surface area contributed by atoms with E-state index in [0.29, 0.717) is 0 Å². The van der Waals surface area contributed by atoms with E-state index in [1.54, 1.807) is 0 Å². The van der Waals surface area contributed by atoms with E-state index in [-0.39, 0.29) is 0 Å². The summed E-state index contributed by atoms with van der Waals surface area (Å²) in [6, 6.07) is 77.5. The summed E-state index contributed by atoms with van der Waals surface area (Å²) in [5, 5.41) is 7.52. The lowest BCUT2D eigenvalue weighted by atomic mass is 10.0. The molecule has 0 aliphatic carbocycles. The Bertz CT molecular complexity index is 3510. The monoisotopic (exact) mass is 725 g/mol. The van der Waals surface area contributed by atoms with Gasteiger partial charge in [0.15, 0.2) is 0 Å². The molecule has 57 heavy (non-hydrogen) atoms. The third-order valence-corrected chi connectivity index (χ3v) is 11.8. The van der Waals surface area contributed by atoms with Gasteiger partial charge < -0.3 is 13.7 Å². The van der Waals surface area contributed by atoms with Crippen LogP contribution in [0.5, 0.6) is 0 Å². The van der Waals surface area contributed by atoms with Gasteiger partial charge in [-0.2, -0.15) is 0 Å². The Morgan fingerprint density at radius 3 is 1.16 bits per heavy atom. The van der Waals surface area contributed by atoms with Gasteiger partial charge in [0.05, 0.1) is 33.1 Å². The third-order valence-electron chi connectivity index (χ3n) is 11.8. The van der Waals surface area contributed by atoms with E-state index in [1.807, 2.05) is 0 Å². The first kappa shape index (κ1) is 31.7. The highest BCUT2D eigenvalue weighted by Gasteiger charge is 2.19. The molecule has 0 spiro atoms. The summed E-state index contributed by atoms with van der Waals surface area (Å²) in [7, 11) is 0. The van der Waals surface area contributed by atoms with Crippen LogP contribution in [-0.4, -0.2) is 13.7 Å². The van der Waals surface area contributed by atoms with E-state index in [4.69, 9.17) is 0 Å². The number of aromatic nitrogens is 3. The van der Waals surface area contributed by atoms with Gasteiger partial charge in [-0.25, -0.2) is 0 Å². The maximum absolute atomic E-state index is 2.45. The fourth-order valence-corrected chi connectivity index (χ4v) is 9.27. The van der Waals surface area contributed by atoms with E-state index in [2.05, 4.69) is 226 Å². The van der Waals surface area contributed by atoms with Crippen molar-refractivity contribution >= 4 is 65.4 Å². The molecule has 0 atom stereocenters. The number of benzene rings is 9. The normalized spacial score (nSPS) is 11.9. The lowest BCUT2D eigenvalue weighted by Crippen LogP contribution is -1.96. The highest BCUT2D eigenvalue weighted by Crippen LogP contribution is 2.41. The number of hydrogen-bond donors (Lipinski definition) is 0. The minimum absolute atomic E-state index is 1.14. The fraction of sp³-hybridized carbons (Fsp3) is 0. The number of hydrogen-bond acceptors (Lipinski definition) is 0. The quantitative estimate of drug-likeness (QED) is 0.168. The summed E-state index contributed by atoms with van der Waals surface area (Å²) < 4.78 is 7.28. The van der Waals surface area contributed by atoms with Crippen molar-refractivity contribution in [3.05, 3.63) is 212 Å². The van der Waals surface area contributed by atoms with E-state index >= 15 is 0 Å². The number of fused-ring (bicyclic) bond motifs is 9. The molecule has 0 amide bonds. The summed E-state index contributed by atoms with van der Waals surface area (Å²) >= 11 is 0. The van der Waals surface area contributed by atoms with E-state index < -0.39 is 0 Å². The average Bonchev–Trinajstić information content (AvgIpc) is 3.91. The zero-order valence-electron chi connectivity index (χ0n) is 31.0. The Kier molecular flexibility index (Phi) is 6.93. The zero-order valence-corrected chi connectivity index (χ0v) is 31.0. The highest BCUT2D eigenvalue weighted by atomic mass is 15.0. The Balaban J connectivity index is 1.06. The van der Waals surface area contributed by atoms with Crippen LogP contribution in [0.4, 0.5) is 0 Å². The Morgan fingerprint density at radius 1 is 0.193 bits per heavy atom. The summed E-state index contributed by atoms with van der Waals surface area (Å²) in [5.74, 6) is 0. The summed E-state index contributed by atoms with van der Waals surface area (Å²) in [6.45, 7) is 0. The van der Waals surface area contributed by atoms with E-state index in [0.717, 1.165) is 17.1 Å². The van der Waals surface area contributed by atoms with Gasteiger partial charge in [-0.05, 0) is 95.1 Å². The predicted molar refractivity (Wildman–Crippen MR) is 240 cm³/mol. The van der Waals surface area contributed by atoms with E-state index in [1.165, 1.54) is 87.7 Å². The van der Waals surface area contributed by atoms with Crippen molar-refractivity contribution in [3.63, 3.8) is 0 Å². The van der Waals surface area contributed by atoms with Crippen LogP contribution in [0.1, 0.15) is 0 Å². The Hall–Kier alpha value is -7.62. The maximum atomic E-state index is 2.45. The van der Waals surface area contributed by atoms with Gasteiger partial charge in [-0.1, -0.05) is 140 Å². The highest BCUT2D eigenvalue weighted by molar-refractivity contribution is 6.19. The Labute approximate surface area is 329 Å². The summed E-state index contributed by atoms with van der Waals surface area (Å²) in [5.41, 5.74) is 15.4. The molecule has 0 aliphatic rings. The van der Waals surface area contributed by atoms with Crippen molar-refractivity contribution in [1.29, 1.82) is 0 Å². The molecular formula is C54H35N3. The van der Waals surface area contributed by atoms with Crippen LogP contribution >= 0.6 is 0 Å². The SMILES string of the molecule is c1ccc(-c2cccc(-n3c4ccccc4c4ccc(-c5cccc(-n6c7ccccc7c7cc8c9ccccc9n(-c9ccccc9)c8cc76)c5)cc43)c2)cc1. The first-order valence-electron chi connectivity index (χ1n) is 19.6. The fourth-order valence-electron chi connectivity index (χ4n) is 9.27. The zero-order chi connectivity index (χ0) is 37.5. The first-order valence-corrected chi connectivity index (χ1v) is 19.6. The minimum atomic E-state index is 1.14. The topological polar surface area (TPSA) is 14.8 Å². The number of rotatable bonds is 5. The average molecular weight is 726 g/mol. The van der Waals surface area contributed by atoms with Crippen molar-refractivity contribution < 1.29 is 0 Å². The largest absolute Gasteiger partial charge is 0.309 e. The molecule has 0 fully saturated rings. The van der Waals surface area contributed by atoms with Gasteiger partial charge in [0.2, 0.25) is 0 Å². The van der Waals surface area contributed by atoms with Crippen LogP contribution < -0.4 is 0 Å². The van der Waals surface area contributed by atoms with Crippen LogP contribution in [0.2, 0.25) is 0 Å². The molecule has 0 radical (unpaired) electrons. The Morgan fingerprint density at radius 2 is 0.579 bits per heavy atom. The second-order valence-corrected chi connectivity index (χ2v) is 15.0. The van der Waals surface area contributed by atoms with Gasteiger partial charge in [0.25, 0.3) is 0 Å². The first-order chi connectivity index (χ1) is 28.3. The molecule has 3 nitrogen and oxygen atoms in total. The number of nitrogens with zero attached hydrogens (tertiary/aromatic N) is 3. The van der Waals surface area contributed by atoms with Crippen LogP contribution in [0.25, 0.3) is 105 Å². The molecule has 0 bridgehead atoms. The number of para-hydroxylation sites is 4. The van der Waals surface area contributed by atoms with Gasteiger partial charge in [0, 0.05) is 49.4 Å². The molecule has 0 aliphatic heterocycles. The van der Waals surface area contributed by atoms with Gasteiger partial charge in [-0.3, -0.25) is 0 Å². The molecule has 12 aromatic rings. The maximum Gasteiger partial charge on any atom is 0.0562 e. The lowest BCUT2D eigenvalue weighted by Gasteiger charge is -2.13. The summed E-state index contributed by atoms with van der Waals surface area (Å²) in [4.78, 5) is 0. The van der Waals surface area contributed by atoms with Crippen LogP contribution in [0.15, 0.2) is 212 Å². The molecule has 266 valence electrons. The molecule has 12 rings (SSSR count). The van der Waals surface area contributed by atoms with Crippen LogP contribution in [-0.2, 0) is 0 Å². The van der Waals surface area contributed by atoms with Crippen molar-refractivity contribution in [2.75, 3.05) is 0 Å². The molecule has 0 N–H and O–H groups in total. The molecule has 3 heterocycles. The van der Waals surface area contributed by atoms with Gasteiger partial charge in [0.1, 0.15) is 0 Å². The standard InChI is InChI=1S/C54H35N3/c1-3-15-36(16-4-1)37-17-13-21-41(31-37)56-49-26-10-7-23-43(49)46-30-29-39(33-52(46)56)38-18-14-22-42(32-38)57-51-28-12-9-25-45(51)48-34-47-44-24-8-11-27-50(44)55(53(47)35-54(48)57)40-19-5-2-6-20-40/h1-35H. The third kappa shape index (κ3) is 4.86. The van der Waals surface area contributed by atoms with Crippen molar-refractivity contribution in [2.45, 2.75) is 0 Å². The van der Waals surface area contributed by atoms with Crippen molar-refractivity contribution in [1.82, 2.24) is 13.7 Å². The second kappa shape index (κ2) is 12.5. The lowest BCUT2D eigenvalue weighted by molar-refractivity contribution is 1.16. The van der Waals surface area contributed by atoms with Crippen molar-refractivity contribution in [2.24, 2.45) is 0 Å². The van der Waals surface area contributed by atoms with E-state index in [9.17, 15) is 0 Å². The second-order valence-electron chi connectivity index (χ2n) is 15.0. The molecule has 9 aromatic carbocycles. The molecule has 3 heteroatoms. The smallest absolute Gasteiger partial charge is 0.0562 e. The summed E-state index contributed by atoms with van der Waals surface area (Å²) in [6.07, 6.45) is 0. The molecule has 0 saturated heterocycles.